The van der Waals surface area contributed by atoms with Crippen molar-refractivity contribution in [1.29, 1.82) is 0 Å². The molecule has 0 spiro atoms. The highest BCUT2D eigenvalue weighted by Crippen LogP contribution is 2.38. The quantitative estimate of drug-likeness (QED) is 0.0195. The largest absolute Gasteiger partial charge is 0.756 e. The highest BCUT2D eigenvalue weighted by Gasteiger charge is 2.22. The molecule has 2 atom stereocenters. The summed E-state index contributed by atoms with van der Waals surface area (Å²) in [6.45, 7) is 4.18. The van der Waals surface area contributed by atoms with Gasteiger partial charge in [-0.2, -0.15) is 0 Å². The van der Waals surface area contributed by atoms with E-state index in [1.807, 2.05) is 21.1 Å². The molecule has 0 saturated heterocycles. The highest BCUT2D eigenvalue weighted by molar-refractivity contribution is 7.45. The number of carbonyl (C=O) groups excluding carboxylic acids is 2. The van der Waals surface area contributed by atoms with Crippen molar-refractivity contribution >= 4 is 19.8 Å². The van der Waals surface area contributed by atoms with Gasteiger partial charge in [-0.3, -0.25) is 14.2 Å². The molecule has 0 aliphatic heterocycles. The number of phosphoric acid groups is 1. The second-order valence-corrected chi connectivity index (χ2v) is 24.2. The lowest BCUT2D eigenvalue weighted by Crippen LogP contribution is -2.37. The third-order valence-corrected chi connectivity index (χ3v) is 15.1. The Morgan fingerprint density at radius 3 is 1.13 bits per heavy atom. The molecular formula is C65H122NO8P. The maximum Gasteiger partial charge on any atom is 0.306 e. The van der Waals surface area contributed by atoms with Crippen LogP contribution in [0, 0.1) is 0 Å². The molecule has 0 aromatic rings. The number of hydrogen-bond acceptors (Lipinski definition) is 8. The second kappa shape index (κ2) is 56.7. The number of unbranched alkanes of at least 4 members (excludes halogenated alkanes) is 37. The predicted octanol–water partition coefficient (Wildman–Crippen LogP) is 19.5. The van der Waals surface area contributed by atoms with Gasteiger partial charge in [0.1, 0.15) is 19.8 Å². The van der Waals surface area contributed by atoms with Crippen molar-refractivity contribution < 1.29 is 42.1 Å². The number of ether oxygens (including phenoxy) is 2. The van der Waals surface area contributed by atoms with Gasteiger partial charge in [-0.05, 0) is 51.4 Å². The van der Waals surface area contributed by atoms with Crippen molar-refractivity contribution in [3.8, 4) is 0 Å². The summed E-state index contributed by atoms with van der Waals surface area (Å²) < 4.78 is 34.3. The van der Waals surface area contributed by atoms with E-state index in [9.17, 15) is 19.0 Å². The van der Waals surface area contributed by atoms with E-state index in [-0.39, 0.29) is 32.0 Å². The van der Waals surface area contributed by atoms with Crippen LogP contribution < -0.4 is 4.89 Å². The van der Waals surface area contributed by atoms with Gasteiger partial charge in [-0.25, -0.2) is 0 Å². The zero-order valence-corrected chi connectivity index (χ0v) is 50.9. The van der Waals surface area contributed by atoms with Crippen LogP contribution in [0.3, 0.4) is 0 Å². The lowest BCUT2D eigenvalue weighted by molar-refractivity contribution is -0.870. The van der Waals surface area contributed by atoms with Crippen LogP contribution >= 0.6 is 7.82 Å². The summed E-state index contributed by atoms with van der Waals surface area (Å²) in [5, 5.41) is 0. The molecule has 0 amide bonds. The van der Waals surface area contributed by atoms with E-state index in [1.54, 1.807) is 0 Å². The summed E-state index contributed by atoms with van der Waals surface area (Å²) in [6, 6.07) is 0. The van der Waals surface area contributed by atoms with Crippen LogP contribution in [0.4, 0.5) is 0 Å². The number of likely N-dealkylation sites (N-methyl/N-ethyl adjacent to an activating group) is 1. The summed E-state index contributed by atoms with van der Waals surface area (Å²) in [5.41, 5.74) is 0. The first-order chi connectivity index (χ1) is 36.5. The first-order valence-corrected chi connectivity index (χ1v) is 33.3. The average molecular weight is 1080 g/mol. The molecule has 9 nitrogen and oxygen atoms in total. The van der Waals surface area contributed by atoms with Crippen molar-refractivity contribution in [3.63, 3.8) is 0 Å². The van der Waals surface area contributed by atoms with Crippen molar-refractivity contribution in [2.45, 2.75) is 309 Å². The molecule has 0 fully saturated rings. The molecule has 2 unspecified atom stereocenters. The van der Waals surface area contributed by atoms with Crippen molar-refractivity contribution in [1.82, 2.24) is 0 Å². The molecule has 0 aliphatic rings. The summed E-state index contributed by atoms with van der Waals surface area (Å²) in [4.78, 5) is 38.0. The Hall–Kier alpha value is -2.03. The fourth-order valence-corrected chi connectivity index (χ4v) is 9.97. The molecule has 0 aromatic heterocycles. The number of nitrogens with zero attached hydrogens (tertiary/aromatic N) is 1. The van der Waals surface area contributed by atoms with E-state index in [1.165, 1.54) is 205 Å². The topological polar surface area (TPSA) is 111 Å². The van der Waals surface area contributed by atoms with Gasteiger partial charge in [-0.1, -0.05) is 287 Å². The molecule has 10 heteroatoms. The molecule has 0 rings (SSSR count). The molecule has 0 bridgehead atoms. The number of rotatable bonds is 59. The molecule has 75 heavy (non-hydrogen) atoms. The Balaban J connectivity index is 4.07. The number of allylic oxidation sites excluding steroid dienone is 8. The molecule has 0 N–H and O–H groups in total. The smallest absolute Gasteiger partial charge is 0.306 e. The van der Waals surface area contributed by atoms with Gasteiger partial charge in [-0.15, -0.1) is 0 Å². The molecule has 0 saturated carbocycles. The van der Waals surface area contributed by atoms with Gasteiger partial charge in [0.2, 0.25) is 0 Å². The molecule has 0 aliphatic carbocycles. The summed E-state index contributed by atoms with van der Waals surface area (Å²) in [7, 11) is 1.18. The summed E-state index contributed by atoms with van der Waals surface area (Å²) in [5.74, 6) is -0.821. The maximum absolute atomic E-state index is 12.8. The van der Waals surface area contributed by atoms with Crippen LogP contribution in [0.25, 0.3) is 0 Å². The Labute approximate surface area is 464 Å². The zero-order chi connectivity index (χ0) is 54.9. The van der Waals surface area contributed by atoms with Crippen LogP contribution in [0.1, 0.15) is 303 Å². The normalized spacial score (nSPS) is 13.5. The van der Waals surface area contributed by atoms with Gasteiger partial charge in [0.05, 0.1) is 27.7 Å². The average Bonchev–Trinajstić information content (AvgIpc) is 3.37. The third kappa shape index (κ3) is 61.1. The number of phosphoric ester groups is 1. The minimum atomic E-state index is -4.64. The van der Waals surface area contributed by atoms with Crippen LogP contribution in [-0.4, -0.2) is 70.0 Å². The van der Waals surface area contributed by atoms with E-state index in [0.717, 1.165) is 64.2 Å². The standard InChI is InChI=1S/C65H122NO8P/c1-6-8-10-12-14-16-18-20-22-24-26-28-30-32-34-35-37-39-41-43-45-47-49-51-53-55-57-64(67)71-61-63(62-73-75(69,70)72-60-59-66(3,4)5)74-65(68)58-56-54-52-50-48-46-44-42-40-38-36-33-31-29-27-25-23-21-19-17-15-13-11-9-7-2/h9,11,15,17,21,23,27,29,63H,6-8,10,12-14,16,18-20,22,24-26,28,30-62H2,1-5H3/b11-9-,17-15-,23-21-,29-27-. The molecular weight excluding hydrogens is 954 g/mol. The fraction of sp³-hybridized carbons (Fsp3) is 0.846. The van der Waals surface area contributed by atoms with Gasteiger partial charge in [0, 0.05) is 12.8 Å². The van der Waals surface area contributed by atoms with Gasteiger partial charge in [0.25, 0.3) is 7.82 Å². The van der Waals surface area contributed by atoms with Crippen LogP contribution in [0.15, 0.2) is 48.6 Å². The SMILES string of the molecule is CC/C=C\C/C=C\C/C=C\C/C=C\CCCCCCCCCCCCCCC(=O)OC(COC(=O)CCCCCCCCCCCCCCCCCCCCCCCCCCCC)COP(=O)([O-])OCC[N+](C)(C)C. The lowest BCUT2D eigenvalue weighted by Gasteiger charge is -2.28. The van der Waals surface area contributed by atoms with Crippen molar-refractivity contribution in [2.75, 3.05) is 47.5 Å². The molecule has 440 valence electrons. The minimum absolute atomic E-state index is 0.0302. The Morgan fingerprint density at radius 1 is 0.427 bits per heavy atom. The molecule has 0 radical (unpaired) electrons. The van der Waals surface area contributed by atoms with Crippen molar-refractivity contribution in [2.24, 2.45) is 0 Å². The third-order valence-electron chi connectivity index (χ3n) is 14.1. The van der Waals surface area contributed by atoms with E-state index in [2.05, 4.69) is 62.5 Å². The first-order valence-electron chi connectivity index (χ1n) is 31.8. The number of hydrogen-bond donors (Lipinski definition) is 0. The second-order valence-electron chi connectivity index (χ2n) is 22.8. The van der Waals surface area contributed by atoms with Gasteiger partial charge < -0.3 is 27.9 Å². The highest BCUT2D eigenvalue weighted by atomic mass is 31.2. The van der Waals surface area contributed by atoms with E-state index in [4.69, 9.17) is 18.5 Å². The fourth-order valence-electron chi connectivity index (χ4n) is 9.24. The molecule has 0 heterocycles. The monoisotopic (exact) mass is 1080 g/mol. The first kappa shape index (κ1) is 73.0. The molecule has 0 aromatic carbocycles. The van der Waals surface area contributed by atoms with E-state index < -0.39 is 26.5 Å². The van der Waals surface area contributed by atoms with E-state index in [0.29, 0.717) is 17.4 Å². The van der Waals surface area contributed by atoms with Crippen LogP contribution in [0.5, 0.6) is 0 Å². The zero-order valence-electron chi connectivity index (χ0n) is 50.0. The lowest BCUT2D eigenvalue weighted by atomic mass is 10.0. The summed E-state index contributed by atoms with van der Waals surface area (Å²) in [6.07, 6.45) is 71.7. The minimum Gasteiger partial charge on any atom is -0.756 e. The van der Waals surface area contributed by atoms with Crippen LogP contribution in [0.2, 0.25) is 0 Å². The van der Waals surface area contributed by atoms with Gasteiger partial charge >= 0.3 is 11.9 Å². The predicted molar refractivity (Wildman–Crippen MR) is 319 cm³/mol. The van der Waals surface area contributed by atoms with E-state index >= 15 is 0 Å². The van der Waals surface area contributed by atoms with Crippen molar-refractivity contribution in [3.05, 3.63) is 48.6 Å². The number of carbonyl (C=O) groups is 2. The van der Waals surface area contributed by atoms with Gasteiger partial charge in [0.15, 0.2) is 6.10 Å². The Kier molecular flexibility index (Phi) is 55.1. The Morgan fingerprint density at radius 2 is 0.760 bits per heavy atom. The summed E-state index contributed by atoms with van der Waals surface area (Å²) >= 11 is 0. The Bertz CT molecular complexity index is 1410. The van der Waals surface area contributed by atoms with Crippen LogP contribution in [-0.2, 0) is 32.7 Å². The number of quaternary nitrogens is 1. The number of esters is 2. The maximum atomic E-state index is 12.8.